The molecule has 0 unspecified atom stereocenters. The monoisotopic (exact) mass is 332 g/mol. The predicted octanol–water partition coefficient (Wildman–Crippen LogP) is 1.46. The molecule has 0 aromatic carbocycles. The van der Waals surface area contributed by atoms with Crippen molar-refractivity contribution < 1.29 is 13.2 Å². The first-order chi connectivity index (χ1) is 9.32. The summed E-state index contributed by atoms with van der Waals surface area (Å²) in [5, 5.41) is 5.09. The van der Waals surface area contributed by atoms with Gasteiger partial charge in [-0.25, -0.2) is 18.4 Å². The Morgan fingerprint density at radius 1 is 1.40 bits per heavy atom. The van der Waals surface area contributed by atoms with Crippen LogP contribution >= 0.6 is 22.7 Å². The molecule has 2 aromatic heterocycles. The molecule has 0 spiro atoms. The van der Waals surface area contributed by atoms with Crippen molar-refractivity contribution in [2.45, 2.75) is 13.3 Å². The van der Waals surface area contributed by atoms with E-state index in [-0.39, 0.29) is 17.5 Å². The van der Waals surface area contributed by atoms with Crippen molar-refractivity contribution >= 4 is 48.9 Å². The third-order valence-corrected chi connectivity index (χ3v) is 4.36. The summed E-state index contributed by atoms with van der Waals surface area (Å²) in [6.07, 6.45) is 2.80. The molecule has 2 rings (SSSR count). The molecule has 0 saturated carbocycles. The quantitative estimate of drug-likeness (QED) is 0.863. The Morgan fingerprint density at radius 2 is 2.15 bits per heavy atom. The number of rotatable bonds is 5. The van der Waals surface area contributed by atoms with Gasteiger partial charge in [0, 0.05) is 16.5 Å². The van der Waals surface area contributed by atoms with Gasteiger partial charge in [-0.1, -0.05) is 0 Å². The number of anilines is 2. The van der Waals surface area contributed by atoms with Gasteiger partial charge in [-0.05, 0) is 6.92 Å². The van der Waals surface area contributed by atoms with E-state index in [2.05, 4.69) is 20.0 Å². The summed E-state index contributed by atoms with van der Waals surface area (Å²) in [6, 6.07) is 0. The summed E-state index contributed by atoms with van der Waals surface area (Å²) in [5.41, 5.74) is 0.506. The average molecular weight is 332 g/mol. The molecule has 0 radical (unpaired) electrons. The SMILES string of the molecule is Cc1cnc(NC(=O)Cc2csc(NS(C)(=O)=O)n2)s1. The molecule has 20 heavy (non-hydrogen) atoms. The van der Waals surface area contributed by atoms with Crippen molar-refractivity contribution in [3.8, 4) is 0 Å². The Labute approximate surface area is 124 Å². The highest BCUT2D eigenvalue weighted by Crippen LogP contribution is 2.19. The lowest BCUT2D eigenvalue weighted by Gasteiger charge is -1.99. The predicted molar refractivity (Wildman–Crippen MR) is 79.8 cm³/mol. The van der Waals surface area contributed by atoms with Crippen LogP contribution < -0.4 is 10.0 Å². The second-order valence-corrected chi connectivity index (χ2v) is 7.86. The number of carbonyl (C=O) groups is 1. The first kappa shape index (κ1) is 14.9. The number of hydrogen-bond donors (Lipinski definition) is 2. The second kappa shape index (κ2) is 5.85. The van der Waals surface area contributed by atoms with Crippen molar-refractivity contribution in [1.82, 2.24) is 9.97 Å². The molecule has 0 aliphatic heterocycles. The standard InChI is InChI=1S/C10H12N4O3S3/c1-6-4-11-9(19-6)13-8(15)3-7-5-18-10(12-7)14-20(2,16)17/h4-5H,3H2,1-2H3,(H,12,14)(H,11,13,15). The van der Waals surface area contributed by atoms with Crippen molar-refractivity contribution in [2.24, 2.45) is 0 Å². The van der Waals surface area contributed by atoms with Crippen LogP contribution in [-0.4, -0.2) is 30.5 Å². The first-order valence-corrected chi connectivity index (χ1v) is 9.05. The zero-order valence-corrected chi connectivity index (χ0v) is 13.2. The molecule has 0 atom stereocenters. The zero-order chi connectivity index (χ0) is 14.8. The maximum absolute atomic E-state index is 11.8. The van der Waals surface area contributed by atoms with Crippen LogP contribution in [-0.2, 0) is 21.2 Å². The van der Waals surface area contributed by atoms with Gasteiger partial charge in [0.15, 0.2) is 10.3 Å². The van der Waals surface area contributed by atoms with Gasteiger partial charge in [-0.3, -0.25) is 9.52 Å². The van der Waals surface area contributed by atoms with Crippen LogP contribution in [0.1, 0.15) is 10.6 Å². The Morgan fingerprint density at radius 3 is 2.75 bits per heavy atom. The molecule has 0 fully saturated rings. The van der Waals surface area contributed by atoms with E-state index in [9.17, 15) is 13.2 Å². The van der Waals surface area contributed by atoms with Crippen LogP contribution in [0.15, 0.2) is 11.6 Å². The molecular weight excluding hydrogens is 320 g/mol. The molecule has 1 amide bonds. The fraction of sp³-hybridized carbons (Fsp3) is 0.300. The summed E-state index contributed by atoms with van der Waals surface area (Å²) in [5.74, 6) is -0.240. The van der Waals surface area contributed by atoms with Gasteiger partial charge in [0.2, 0.25) is 15.9 Å². The van der Waals surface area contributed by atoms with Crippen molar-refractivity contribution in [3.63, 3.8) is 0 Å². The number of amides is 1. The molecule has 0 aliphatic carbocycles. The highest BCUT2D eigenvalue weighted by Gasteiger charge is 2.11. The van der Waals surface area contributed by atoms with Crippen molar-refractivity contribution in [3.05, 3.63) is 22.1 Å². The minimum Gasteiger partial charge on any atom is -0.302 e. The Kier molecular flexibility index (Phi) is 4.35. The van der Waals surface area contributed by atoms with Gasteiger partial charge in [-0.2, -0.15) is 0 Å². The number of aryl methyl sites for hydroxylation is 1. The van der Waals surface area contributed by atoms with E-state index in [0.29, 0.717) is 10.8 Å². The number of nitrogens with one attached hydrogen (secondary N) is 2. The first-order valence-electron chi connectivity index (χ1n) is 5.46. The van der Waals surface area contributed by atoms with E-state index >= 15 is 0 Å². The maximum Gasteiger partial charge on any atom is 0.232 e. The van der Waals surface area contributed by atoms with E-state index in [1.165, 1.54) is 11.3 Å². The number of nitrogens with zero attached hydrogens (tertiary/aromatic N) is 2. The largest absolute Gasteiger partial charge is 0.302 e. The fourth-order valence-electron chi connectivity index (χ4n) is 1.33. The van der Waals surface area contributed by atoms with Gasteiger partial charge < -0.3 is 5.32 Å². The molecule has 10 heteroatoms. The summed E-state index contributed by atoms with van der Waals surface area (Å²) in [4.78, 5) is 20.8. The van der Waals surface area contributed by atoms with E-state index < -0.39 is 10.0 Å². The smallest absolute Gasteiger partial charge is 0.232 e. The van der Waals surface area contributed by atoms with Crippen LogP contribution in [0.3, 0.4) is 0 Å². The molecule has 108 valence electrons. The highest BCUT2D eigenvalue weighted by atomic mass is 32.2. The lowest BCUT2D eigenvalue weighted by molar-refractivity contribution is -0.115. The summed E-state index contributed by atoms with van der Waals surface area (Å²) in [7, 11) is -3.35. The maximum atomic E-state index is 11.8. The molecule has 0 bridgehead atoms. The molecule has 0 aliphatic rings. The van der Waals surface area contributed by atoms with Crippen LogP contribution in [0.25, 0.3) is 0 Å². The van der Waals surface area contributed by atoms with Crippen LogP contribution in [0.5, 0.6) is 0 Å². The van der Waals surface area contributed by atoms with Gasteiger partial charge in [0.25, 0.3) is 0 Å². The topological polar surface area (TPSA) is 101 Å². The Bertz CT molecular complexity index is 720. The van der Waals surface area contributed by atoms with E-state index in [4.69, 9.17) is 0 Å². The van der Waals surface area contributed by atoms with Crippen molar-refractivity contribution in [1.29, 1.82) is 0 Å². The van der Waals surface area contributed by atoms with Crippen LogP contribution in [0.4, 0.5) is 10.3 Å². The van der Waals surface area contributed by atoms with Crippen LogP contribution in [0.2, 0.25) is 0 Å². The Balaban J connectivity index is 1.95. The summed E-state index contributed by atoms with van der Waals surface area (Å²) >= 11 is 2.52. The molecule has 2 aromatic rings. The lowest BCUT2D eigenvalue weighted by atomic mass is 10.3. The molecule has 0 saturated heterocycles. The van der Waals surface area contributed by atoms with E-state index in [0.717, 1.165) is 22.5 Å². The lowest BCUT2D eigenvalue weighted by Crippen LogP contribution is -2.14. The third kappa shape index (κ3) is 4.54. The Hall–Kier alpha value is -1.52. The van der Waals surface area contributed by atoms with Crippen LogP contribution in [0, 0.1) is 6.92 Å². The third-order valence-electron chi connectivity index (χ3n) is 2.03. The minimum atomic E-state index is -3.35. The normalized spacial score (nSPS) is 11.3. The second-order valence-electron chi connectivity index (χ2n) is 4.02. The zero-order valence-electron chi connectivity index (χ0n) is 10.7. The van der Waals surface area contributed by atoms with Gasteiger partial charge >= 0.3 is 0 Å². The molecule has 2 N–H and O–H groups in total. The number of aromatic nitrogens is 2. The van der Waals surface area contributed by atoms with Gasteiger partial charge in [0.1, 0.15) is 0 Å². The van der Waals surface area contributed by atoms with E-state index in [1.807, 2.05) is 6.92 Å². The molecular formula is C10H12N4O3S3. The van der Waals surface area contributed by atoms with Gasteiger partial charge in [-0.15, -0.1) is 22.7 Å². The molecule has 2 heterocycles. The minimum absolute atomic E-state index is 0.0700. The van der Waals surface area contributed by atoms with Gasteiger partial charge in [0.05, 0.1) is 18.4 Å². The average Bonchev–Trinajstić information content (AvgIpc) is 2.86. The summed E-state index contributed by atoms with van der Waals surface area (Å²) in [6.45, 7) is 1.90. The summed E-state index contributed by atoms with van der Waals surface area (Å²) < 4.78 is 24.4. The van der Waals surface area contributed by atoms with E-state index in [1.54, 1.807) is 11.6 Å². The molecule has 7 nitrogen and oxygen atoms in total. The number of sulfonamides is 1. The number of carbonyl (C=O) groups excluding carboxylic acids is 1. The highest BCUT2D eigenvalue weighted by molar-refractivity contribution is 7.92. The van der Waals surface area contributed by atoms with Crippen molar-refractivity contribution in [2.75, 3.05) is 16.3 Å². The fourth-order valence-corrected chi connectivity index (χ4v) is 3.58. The number of thiazole rings is 2. The number of hydrogen-bond acceptors (Lipinski definition) is 7.